The summed E-state index contributed by atoms with van der Waals surface area (Å²) in [5.41, 5.74) is 1.46. The predicted molar refractivity (Wildman–Crippen MR) is 86.4 cm³/mol. The van der Waals surface area contributed by atoms with Gasteiger partial charge < -0.3 is 9.88 Å². The van der Waals surface area contributed by atoms with Gasteiger partial charge in [0.1, 0.15) is 5.69 Å². The van der Waals surface area contributed by atoms with Gasteiger partial charge in [0.05, 0.1) is 35.2 Å². The van der Waals surface area contributed by atoms with Gasteiger partial charge in [-0.2, -0.15) is 5.10 Å². The number of amides is 1. The van der Waals surface area contributed by atoms with E-state index in [-0.39, 0.29) is 23.2 Å². The number of carbonyl (C=O) groups excluding carboxylic acids is 1. The third-order valence-electron chi connectivity index (χ3n) is 4.46. The number of aromatic nitrogens is 5. The van der Waals surface area contributed by atoms with Crippen molar-refractivity contribution in [2.75, 3.05) is 6.54 Å². The van der Waals surface area contributed by atoms with E-state index in [2.05, 4.69) is 20.1 Å². The minimum atomic E-state index is -0.277. The lowest BCUT2D eigenvalue weighted by Gasteiger charge is -2.24. The highest BCUT2D eigenvalue weighted by molar-refractivity contribution is 5.95. The van der Waals surface area contributed by atoms with Crippen LogP contribution in [0.25, 0.3) is 10.9 Å². The number of fused-ring (bicyclic) bond motifs is 1. The van der Waals surface area contributed by atoms with Crippen LogP contribution in [-0.2, 0) is 7.05 Å². The van der Waals surface area contributed by atoms with Crippen molar-refractivity contribution in [1.29, 1.82) is 0 Å². The summed E-state index contributed by atoms with van der Waals surface area (Å²) >= 11 is 0. The van der Waals surface area contributed by atoms with Gasteiger partial charge >= 0.3 is 0 Å². The Kier molecular flexibility index (Phi) is 3.37. The average molecular weight is 324 g/mol. The molecule has 1 amide bonds. The Morgan fingerprint density at radius 3 is 3.04 bits per heavy atom. The van der Waals surface area contributed by atoms with Gasteiger partial charge in [-0.25, -0.2) is 9.97 Å². The van der Waals surface area contributed by atoms with Gasteiger partial charge in [0.2, 0.25) is 0 Å². The molecule has 1 fully saturated rings. The normalized spacial score (nSPS) is 17.5. The first-order valence-corrected chi connectivity index (χ1v) is 7.77. The molecule has 0 radical (unpaired) electrons. The minimum Gasteiger partial charge on any atom is -0.329 e. The maximum atomic E-state index is 12.9. The molecule has 3 aromatic heterocycles. The summed E-state index contributed by atoms with van der Waals surface area (Å²) in [6.45, 7) is 0.664. The lowest BCUT2D eigenvalue weighted by atomic mass is 10.1. The van der Waals surface area contributed by atoms with Crippen LogP contribution in [0.4, 0.5) is 0 Å². The molecule has 8 heteroatoms. The highest BCUT2D eigenvalue weighted by Gasteiger charge is 2.32. The summed E-state index contributed by atoms with van der Waals surface area (Å²) < 4.78 is 1.79. The zero-order valence-corrected chi connectivity index (χ0v) is 13.1. The molecule has 122 valence electrons. The maximum absolute atomic E-state index is 12.9. The molecule has 3 aromatic rings. The van der Waals surface area contributed by atoms with Crippen molar-refractivity contribution in [3.63, 3.8) is 0 Å². The highest BCUT2D eigenvalue weighted by atomic mass is 16.2. The minimum absolute atomic E-state index is 0.0188. The SMILES string of the molecule is Cn1nccc1[C@@H]1CCCN1C(=O)c1cc2c(=O)[nH]cnc2cn1. The van der Waals surface area contributed by atoms with E-state index in [1.165, 1.54) is 18.6 Å². The van der Waals surface area contributed by atoms with Gasteiger partial charge in [-0.05, 0) is 25.0 Å². The summed E-state index contributed by atoms with van der Waals surface area (Å²) in [6.07, 6.45) is 6.34. The summed E-state index contributed by atoms with van der Waals surface area (Å²) in [4.78, 5) is 37.4. The van der Waals surface area contributed by atoms with Crippen molar-refractivity contribution in [2.24, 2.45) is 7.05 Å². The van der Waals surface area contributed by atoms with Crippen molar-refractivity contribution in [1.82, 2.24) is 29.6 Å². The Hall–Kier alpha value is -3.03. The first-order chi connectivity index (χ1) is 11.6. The summed E-state index contributed by atoms with van der Waals surface area (Å²) in [7, 11) is 1.87. The van der Waals surface area contributed by atoms with Crippen molar-refractivity contribution < 1.29 is 4.79 Å². The van der Waals surface area contributed by atoms with Gasteiger partial charge in [-0.15, -0.1) is 0 Å². The highest BCUT2D eigenvalue weighted by Crippen LogP contribution is 2.32. The van der Waals surface area contributed by atoms with Crippen LogP contribution < -0.4 is 5.56 Å². The van der Waals surface area contributed by atoms with E-state index in [0.717, 1.165) is 18.5 Å². The number of likely N-dealkylation sites (tertiary alicyclic amines) is 1. The molecule has 0 spiro atoms. The van der Waals surface area contributed by atoms with Gasteiger partial charge in [-0.1, -0.05) is 0 Å². The second-order valence-electron chi connectivity index (χ2n) is 5.85. The van der Waals surface area contributed by atoms with Gasteiger partial charge in [-0.3, -0.25) is 14.3 Å². The second-order valence-corrected chi connectivity index (χ2v) is 5.85. The van der Waals surface area contributed by atoms with Crippen molar-refractivity contribution in [3.05, 3.63) is 52.6 Å². The van der Waals surface area contributed by atoms with Gasteiger partial charge in [0, 0.05) is 19.8 Å². The van der Waals surface area contributed by atoms with Crippen LogP contribution in [0.5, 0.6) is 0 Å². The summed E-state index contributed by atoms with van der Waals surface area (Å²) in [6, 6.07) is 3.43. The smallest absolute Gasteiger partial charge is 0.273 e. The topological polar surface area (TPSA) is 96.8 Å². The standard InChI is InChI=1S/C16H16N6O2/c1-21-13(4-5-20-21)14-3-2-6-22(14)16(24)11-7-10-12(8-17-11)18-9-19-15(10)23/h4-5,7-9,14H,2-3,6H2,1H3,(H,18,19,23)/t14-/m0/s1. The molecule has 1 aliphatic rings. The number of aromatic amines is 1. The summed E-state index contributed by atoms with van der Waals surface area (Å²) in [5.74, 6) is -0.177. The fourth-order valence-corrected chi connectivity index (χ4v) is 3.26. The Balaban J connectivity index is 1.71. The Morgan fingerprint density at radius 2 is 2.25 bits per heavy atom. The molecule has 4 heterocycles. The third kappa shape index (κ3) is 2.27. The number of rotatable bonds is 2. The molecular weight excluding hydrogens is 308 g/mol. The van der Waals surface area contributed by atoms with Crippen LogP contribution in [0.2, 0.25) is 0 Å². The average Bonchev–Trinajstić information content (AvgIpc) is 3.22. The Morgan fingerprint density at radius 1 is 1.38 bits per heavy atom. The predicted octanol–water partition coefficient (Wildman–Crippen LogP) is 1.03. The lowest BCUT2D eigenvalue weighted by Crippen LogP contribution is -2.32. The van der Waals surface area contributed by atoms with Crippen LogP contribution >= 0.6 is 0 Å². The van der Waals surface area contributed by atoms with Gasteiger partial charge in [0.25, 0.3) is 11.5 Å². The number of H-pyrrole nitrogens is 1. The molecule has 1 atom stereocenters. The van der Waals surface area contributed by atoms with Crippen LogP contribution in [0.1, 0.15) is 35.1 Å². The number of carbonyl (C=O) groups is 1. The number of pyridine rings is 1. The van der Waals surface area contributed by atoms with Crippen LogP contribution in [-0.4, -0.2) is 42.1 Å². The van der Waals surface area contributed by atoms with E-state index in [4.69, 9.17) is 0 Å². The molecule has 1 saturated heterocycles. The van der Waals surface area contributed by atoms with Crippen LogP contribution in [0.15, 0.2) is 35.6 Å². The fourth-order valence-electron chi connectivity index (χ4n) is 3.26. The molecule has 0 bridgehead atoms. The van der Waals surface area contributed by atoms with Crippen molar-refractivity contribution in [3.8, 4) is 0 Å². The van der Waals surface area contributed by atoms with Gasteiger partial charge in [0.15, 0.2) is 0 Å². The lowest BCUT2D eigenvalue weighted by molar-refractivity contribution is 0.0725. The maximum Gasteiger partial charge on any atom is 0.273 e. The molecule has 0 aliphatic carbocycles. The third-order valence-corrected chi connectivity index (χ3v) is 4.46. The van der Waals surface area contributed by atoms with E-state index in [0.29, 0.717) is 17.4 Å². The molecule has 4 rings (SSSR count). The number of aryl methyl sites for hydroxylation is 1. The quantitative estimate of drug-likeness (QED) is 0.759. The Labute approximate surface area is 137 Å². The Bertz CT molecular complexity index is 976. The van der Waals surface area contributed by atoms with E-state index in [1.807, 2.05) is 13.1 Å². The van der Waals surface area contributed by atoms with Crippen molar-refractivity contribution in [2.45, 2.75) is 18.9 Å². The fraction of sp³-hybridized carbons (Fsp3) is 0.312. The number of nitrogens with zero attached hydrogens (tertiary/aromatic N) is 5. The first kappa shape index (κ1) is 14.6. The van der Waals surface area contributed by atoms with Crippen LogP contribution in [0.3, 0.4) is 0 Å². The number of nitrogens with one attached hydrogen (secondary N) is 1. The van der Waals surface area contributed by atoms with Crippen molar-refractivity contribution >= 4 is 16.8 Å². The zero-order valence-electron chi connectivity index (χ0n) is 13.1. The van der Waals surface area contributed by atoms with E-state index >= 15 is 0 Å². The van der Waals surface area contributed by atoms with E-state index < -0.39 is 0 Å². The number of hydrogen-bond donors (Lipinski definition) is 1. The largest absolute Gasteiger partial charge is 0.329 e. The molecule has 0 unspecified atom stereocenters. The van der Waals surface area contributed by atoms with E-state index in [9.17, 15) is 9.59 Å². The molecule has 0 aromatic carbocycles. The molecular formula is C16H16N6O2. The van der Waals surface area contributed by atoms with Crippen LogP contribution in [0, 0.1) is 0 Å². The molecule has 8 nitrogen and oxygen atoms in total. The summed E-state index contributed by atoms with van der Waals surface area (Å²) in [5, 5.41) is 4.56. The molecule has 0 saturated carbocycles. The molecule has 1 N–H and O–H groups in total. The number of hydrogen-bond acceptors (Lipinski definition) is 5. The first-order valence-electron chi connectivity index (χ1n) is 7.77. The zero-order chi connectivity index (χ0) is 16.7. The second kappa shape index (κ2) is 5.55. The molecule has 24 heavy (non-hydrogen) atoms. The van der Waals surface area contributed by atoms with E-state index in [1.54, 1.807) is 15.8 Å². The monoisotopic (exact) mass is 324 g/mol. The molecule has 1 aliphatic heterocycles.